The maximum Gasteiger partial charge on any atom is 0.306 e. The maximum absolute atomic E-state index is 12.0. The van der Waals surface area contributed by atoms with Gasteiger partial charge in [-0.15, -0.1) is 0 Å². The van der Waals surface area contributed by atoms with E-state index in [2.05, 4.69) is 0 Å². The fraction of sp³-hybridized carbons (Fsp3) is 0.600. The van der Waals surface area contributed by atoms with Crippen molar-refractivity contribution in [1.29, 1.82) is 0 Å². The van der Waals surface area contributed by atoms with Gasteiger partial charge in [0.1, 0.15) is 6.10 Å². The predicted molar refractivity (Wildman–Crippen MR) is 92.3 cm³/mol. The number of hydrogen-bond donors (Lipinski definition) is 0. The largest absolute Gasteiger partial charge is 0.465 e. The van der Waals surface area contributed by atoms with E-state index in [0.29, 0.717) is 18.9 Å². The monoisotopic (exact) mass is 332 g/mol. The Hall–Kier alpha value is -1.84. The van der Waals surface area contributed by atoms with Crippen molar-refractivity contribution >= 4 is 11.9 Å². The molecule has 1 fully saturated rings. The van der Waals surface area contributed by atoms with Gasteiger partial charge in [-0.2, -0.15) is 0 Å². The lowest BCUT2D eigenvalue weighted by Crippen LogP contribution is -2.18. The molecule has 0 bridgehead atoms. The fourth-order valence-corrected chi connectivity index (χ4v) is 3.11. The van der Waals surface area contributed by atoms with Crippen molar-refractivity contribution in [2.45, 2.75) is 64.4 Å². The molecule has 0 N–H and O–H groups in total. The van der Waals surface area contributed by atoms with Gasteiger partial charge in [0.05, 0.1) is 19.4 Å². The molecule has 1 saturated carbocycles. The molecule has 0 spiro atoms. The average Bonchev–Trinajstić information content (AvgIpc) is 2.64. The van der Waals surface area contributed by atoms with Crippen LogP contribution in [0.1, 0.15) is 70.0 Å². The number of carbonyl (C=O) groups is 2. The Morgan fingerprint density at radius 2 is 1.71 bits per heavy atom. The molecule has 0 amide bonds. The van der Waals surface area contributed by atoms with Crippen LogP contribution in [0.4, 0.5) is 0 Å². The van der Waals surface area contributed by atoms with Gasteiger partial charge in [-0.1, -0.05) is 56.5 Å². The molecule has 1 unspecified atom stereocenters. The van der Waals surface area contributed by atoms with E-state index < -0.39 is 0 Å². The molecule has 2 rings (SSSR count). The summed E-state index contributed by atoms with van der Waals surface area (Å²) >= 11 is 0. The molecule has 1 aromatic carbocycles. The zero-order valence-corrected chi connectivity index (χ0v) is 14.5. The van der Waals surface area contributed by atoms with Gasteiger partial charge in [0.15, 0.2) is 0 Å². The highest BCUT2D eigenvalue weighted by atomic mass is 16.5. The normalized spacial score (nSPS) is 16.4. The van der Waals surface area contributed by atoms with Gasteiger partial charge in [0.2, 0.25) is 0 Å². The van der Waals surface area contributed by atoms with E-state index in [-0.39, 0.29) is 30.9 Å². The van der Waals surface area contributed by atoms with Gasteiger partial charge in [-0.3, -0.25) is 9.59 Å². The van der Waals surface area contributed by atoms with Gasteiger partial charge in [0, 0.05) is 0 Å². The summed E-state index contributed by atoms with van der Waals surface area (Å²) in [4.78, 5) is 23.8. The molecular weight excluding hydrogens is 304 g/mol. The summed E-state index contributed by atoms with van der Waals surface area (Å²) in [6, 6.07) is 9.67. The van der Waals surface area contributed by atoms with Crippen LogP contribution < -0.4 is 0 Å². The quantitative estimate of drug-likeness (QED) is 0.654. The number of rotatable bonds is 8. The van der Waals surface area contributed by atoms with Crippen LogP contribution in [-0.2, 0) is 19.1 Å². The Balaban J connectivity index is 1.67. The highest BCUT2D eigenvalue weighted by Gasteiger charge is 2.18. The minimum atomic E-state index is -0.347. The Morgan fingerprint density at radius 3 is 2.38 bits per heavy atom. The summed E-state index contributed by atoms with van der Waals surface area (Å²) in [6.45, 7) is 2.47. The number of carbonyl (C=O) groups excluding carboxylic acids is 2. The number of hydrogen-bond acceptors (Lipinski definition) is 4. The molecule has 4 nitrogen and oxygen atoms in total. The zero-order chi connectivity index (χ0) is 17.2. The maximum atomic E-state index is 12.0. The van der Waals surface area contributed by atoms with Crippen LogP contribution in [0.15, 0.2) is 30.3 Å². The predicted octanol–water partition coefficient (Wildman–Crippen LogP) is 4.58. The Morgan fingerprint density at radius 1 is 1.04 bits per heavy atom. The van der Waals surface area contributed by atoms with Crippen molar-refractivity contribution in [3.8, 4) is 0 Å². The summed E-state index contributed by atoms with van der Waals surface area (Å²) in [7, 11) is 0. The third-order valence-corrected chi connectivity index (χ3v) is 4.55. The van der Waals surface area contributed by atoms with Crippen LogP contribution in [-0.4, -0.2) is 18.5 Å². The third kappa shape index (κ3) is 6.34. The van der Waals surface area contributed by atoms with Crippen molar-refractivity contribution in [1.82, 2.24) is 0 Å². The van der Waals surface area contributed by atoms with E-state index in [9.17, 15) is 9.59 Å². The van der Waals surface area contributed by atoms with Crippen LogP contribution in [0, 0.1) is 5.92 Å². The molecular formula is C20H28O4. The van der Waals surface area contributed by atoms with E-state index in [1.54, 1.807) is 0 Å². The lowest BCUT2D eigenvalue weighted by Gasteiger charge is -2.21. The topological polar surface area (TPSA) is 52.6 Å². The first-order valence-corrected chi connectivity index (χ1v) is 9.09. The average molecular weight is 332 g/mol. The molecule has 1 aliphatic rings. The number of benzene rings is 1. The molecule has 0 aromatic heterocycles. The second kappa shape index (κ2) is 10.1. The van der Waals surface area contributed by atoms with Gasteiger partial charge < -0.3 is 9.47 Å². The van der Waals surface area contributed by atoms with Crippen molar-refractivity contribution < 1.29 is 19.1 Å². The molecule has 0 radical (unpaired) electrons. The highest BCUT2D eigenvalue weighted by molar-refractivity contribution is 5.77. The molecule has 4 heteroatoms. The molecule has 0 heterocycles. The molecule has 132 valence electrons. The third-order valence-electron chi connectivity index (χ3n) is 4.55. The van der Waals surface area contributed by atoms with Crippen molar-refractivity contribution in [3.63, 3.8) is 0 Å². The second-order valence-electron chi connectivity index (χ2n) is 6.48. The Labute approximate surface area is 144 Å². The van der Waals surface area contributed by atoms with Crippen LogP contribution in [0.5, 0.6) is 0 Å². The van der Waals surface area contributed by atoms with Gasteiger partial charge in [-0.25, -0.2) is 0 Å². The second-order valence-corrected chi connectivity index (χ2v) is 6.48. The Bertz CT molecular complexity index is 506. The molecule has 0 saturated heterocycles. The van der Waals surface area contributed by atoms with E-state index in [1.165, 1.54) is 19.3 Å². The summed E-state index contributed by atoms with van der Waals surface area (Å²) < 4.78 is 10.8. The zero-order valence-electron chi connectivity index (χ0n) is 14.5. The van der Waals surface area contributed by atoms with E-state index >= 15 is 0 Å². The molecule has 1 atom stereocenters. The Kier molecular flexibility index (Phi) is 7.80. The minimum Gasteiger partial charge on any atom is -0.465 e. The minimum absolute atomic E-state index is 0.0762. The van der Waals surface area contributed by atoms with E-state index in [0.717, 1.165) is 18.4 Å². The summed E-state index contributed by atoms with van der Waals surface area (Å²) in [5, 5.41) is 0. The molecule has 0 aliphatic heterocycles. The molecule has 1 aromatic rings. The number of ether oxygens (including phenoxy) is 2. The van der Waals surface area contributed by atoms with Crippen molar-refractivity contribution in [2.75, 3.05) is 6.61 Å². The smallest absolute Gasteiger partial charge is 0.306 e. The van der Waals surface area contributed by atoms with Gasteiger partial charge in [-0.05, 0) is 30.7 Å². The van der Waals surface area contributed by atoms with Crippen molar-refractivity contribution in [3.05, 3.63) is 35.9 Å². The van der Waals surface area contributed by atoms with E-state index in [1.807, 2.05) is 37.3 Å². The first-order valence-electron chi connectivity index (χ1n) is 9.09. The first kappa shape index (κ1) is 18.5. The summed E-state index contributed by atoms with van der Waals surface area (Å²) in [6.07, 6.45) is 6.66. The van der Waals surface area contributed by atoms with Crippen LogP contribution in [0.3, 0.4) is 0 Å². The lowest BCUT2D eigenvalue weighted by molar-refractivity contribution is -0.154. The lowest BCUT2D eigenvalue weighted by atomic mass is 9.90. The number of esters is 2. The SMILES string of the molecule is CCC(OC(=O)CCC(=O)OCC1CCCCC1)c1ccccc1. The fourth-order valence-electron chi connectivity index (χ4n) is 3.11. The van der Waals surface area contributed by atoms with Gasteiger partial charge in [0.25, 0.3) is 0 Å². The summed E-state index contributed by atoms with van der Waals surface area (Å²) in [5.41, 5.74) is 0.980. The molecule has 1 aliphatic carbocycles. The van der Waals surface area contributed by atoms with Crippen LogP contribution >= 0.6 is 0 Å². The van der Waals surface area contributed by atoms with Crippen LogP contribution in [0.25, 0.3) is 0 Å². The van der Waals surface area contributed by atoms with E-state index in [4.69, 9.17) is 9.47 Å². The van der Waals surface area contributed by atoms with Gasteiger partial charge >= 0.3 is 11.9 Å². The summed E-state index contributed by atoms with van der Waals surface area (Å²) in [5.74, 6) is -0.150. The van der Waals surface area contributed by atoms with Crippen molar-refractivity contribution in [2.24, 2.45) is 5.92 Å². The first-order chi connectivity index (χ1) is 11.7. The highest BCUT2D eigenvalue weighted by Crippen LogP contribution is 2.24. The standard InChI is InChI=1S/C20H28O4/c1-2-18(17-11-7-4-8-12-17)24-20(22)14-13-19(21)23-15-16-9-5-3-6-10-16/h4,7-8,11-12,16,18H,2-3,5-6,9-10,13-15H2,1H3. The van der Waals surface area contributed by atoms with Crippen LogP contribution in [0.2, 0.25) is 0 Å². The molecule has 24 heavy (non-hydrogen) atoms.